The predicted molar refractivity (Wildman–Crippen MR) is 100 cm³/mol. The van der Waals surface area contributed by atoms with Gasteiger partial charge in [0.25, 0.3) is 5.91 Å². The second-order valence-electron chi connectivity index (χ2n) is 6.58. The van der Waals surface area contributed by atoms with Gasteiger partial charge in [0.2, 0.25) is 0 Å². The molecule has 4 rings (SSSR count). The van der Waals surface area contributed by atoms with E-state index in [-0.39, 0.29) is 5.91 Å². The van der Waals surface area contributed by atoms with Crippen molar-refractivity contribution < 1.29 is 4.79 Å². The first-order valence-corrected chi connectivity index (χ1v) is 9.66. The quantitative estimate of drug-likeness (QED) is 0.711. The minimum absolute atomic E-state index is 0.108. The molecule has 1 amide bonds. The number of rotatable bonds is 4. The van der Waals surface area contributed by atoms with Gasteiger partial charge in [0.15, 0.2) is 0 Å². The maximum Gasteiger partial charge on any atom is 0.265 e. The van der Waals surface area contributed by atoms with E-state index in [1.165, 1.54) is 16.9 Å². The average Bonchev–Trinajstić information content (AvgIpc) is 3.32. The number of carbonyl (C=O) groups is 1. The Morgan fingerprint density at radius 3 is 2.69 bits per heavy atom. The van der Waals surface area contributed by atoms with Gasteiger partial charge in [-0.15, -0.1) is 11.3 Å². The number of nitrogens with zero attached hydrogens (tertiary/aromatic N) is 5. The zero-order valence-corrected chi connectivity index (χ0v) is 15.5. The Kier molecular flexibility index (Phi) is 4.79. The maximum atomic E-state index is 12.9. The third-order valence-electron chi connectivity index (χ3n) is 4.80. The van der Waals surface area contributed by atoms with Crippen LogP contribution in [0.3, 0.4) is 0 Å². The van der Waals surface area contributed by atoms with Crippen molar-refractivity contribution in [3.05, 3.63) is 64.1 Å². The summed E-state index contributed by atoms with van der Waals surface area (Å²) >= 11 is 1.52. The summed E-state index contributed by atoms with van der Waals surface area (Å²) in [7, 11) is 0. The van der Waals surface area contributed by atoms with Crippen molar-refractivity contribution in [2.75, 3.05) is 13.1 Å². The second-order valence-corrected chi connectivity index (χ2v) is 7.67. The Bertz CT molecular complexity index is 867. The van der Waals surface area contributed by atoms with Gasteiger partial charge in [0.1, 0.15) is 17.5 Å². The Morgan fingerprint density at radius 2 is 2.00 bits per heavy atom. The first-order valence-electron chi connectivity index (χ1n) is 8.84. The van der Waals surface area contributed by atoms with Crippen molar-refractivity contribution in [3.63, 3.8) is 0 Å². The molecular weight excluding hydrogens is 346 g/mol. The lowest BCUT2D eigenvalue weighted by Crippen LogP contribution is -2.39. The molecule has 3 aromatic rings. The van der Waals surface area contributed by atoms with Gasteiger partial charge in [-0.05, 0) is 25.3 Å². The topological polar surface area (TPSA) is 63.9 Å². The third-order valence-corrected chi connectivity index (χ3v) is 5.94. The third kappa shape index (κ3) is 3.53. The summed E-state index contributed by atoms with van der Waals surface area (Å²) in [5.74, 6) is 0.108. The van der Waals surface area contributed by atoms with Gasteiger partial charge in [-0.25, -0.2) is 14.6 Å². The molecule has 1 aliphatic heterocycles. The van der Waals surface area contributed by atoms with Crippen LogP contribution in [0.5, 0.6) is 0 Å². The predicted octanol–water partition coefficient (Wildman–Crippen LogP) is 3.11. The van der Waals surface area contributed by atoms with Gasteiger partial charge >= 0.3 is 0 Å². The van der Waals surface area contributed by atoms with Crippen LogP contribution >= 0.6 is 11.3 Å². The van der Waals surface area contributed by atoms with Gasteiger partial charge in [-0.3, -0.25) is 4.79 Å². The summed E-state index contributed by atoms with van der Waals surface area (Å²) in [5, 5.41) is 5.21. The molecule has 0 aliphatic carbocycles. The van der Waals surface area contributed by atoms with Crippen LogP contribution in [0.25, 0.3) is 0 Å². The van der Waals surface area contributed by atoms with Crippen LogP contribution in [0, 0.1) is 6.92 Å². The van der Waals surface area contributed by atoms with Crippen molar-refractivity contribution >= 4 is 17.2 Å². The number of hydrogen-bond donors (Lipinski definition) is 0. The normalized spacial score (nSPS) is 15.3. The van der Waals surface area contributed by atoms with Crippen LogP contribution < -0.4 is 0 Å². The van der Waals surface area contributed by atoms with Crippen molar-refractivity contribution in [1.29, 1.82) is 0 Å². The van der Waals surface area contributed by atoms with Gasteiger partial charge in [0, 0.05) is 19.5 Å². The Morgan fingerprint density at radius 1 is 1.23 bits per heavy atom. The molecule has 26 heavy (non-hydrogen) atoms. The van der Waals surface area contributed by atoms with E-state index in [1.807, 2.05) is 34.7 Å². The highest BCUT2D eigenvalue weighted by Gasteiger charge is 2.27. The van der Waals surface area contributed by atoms with Crippen LogP contribution in [0.15, 0.2) is 43.0 Å². The molecule has 0 atom stereocenters. The van der Waals surface area contributed by atoms with Crippen molar-refractivity contribution in [1.82, 2.24) is 24.6 Å². The highest BCUT2D eigenvalue weighted by atomic mass is 32.1. The van der Waals surface area contributed by atoms with E-state index in [1.54, 1.807) is 12.7 Å². The zero-order chi connectivity index (χ0) is 17.9. The summed E-state index contributed by atoms with van der Waals surface area (Å²) in [5.41, 5.74) is 2.05. The molecule has 1 aromatic carbocycles. The molecular formula is C19H21N5OS. The van der Waals surface area contributed by atoms with Crippen molar-refractivity contribution in [2.45, 2.75) is 32.2 Å². The SMILES string of the molecule is Cc1nc(Cc2ccccc2)sc1C(=O)N1CCC(n2cncn2)CC1. The van der Waals surface area contributed by atoms with Gasteiger partial charge in [-0.2, -0.15) is 5.10 Å². The number of hydrogen-bond acceptors (Lipinski definition) is 5. The van der Waals surface area contributed by atoms with Crippen LogP contribution in [-0.4, -0.2) is 43.6 Å². The largest absolute Gasteiger partial charge is 0.338 e. The molecule has 2 aromatic heterocycles. The number of aromatic nitrogens is 4. The van der Waals surface area contributed by atoms with E-state index in [0.29, 0.717) is 6.04 Å². The molecule has 0 unspecified atom stereocenters. The number of piperidine rings is 1. The molecule has 7 heteroatoms. The van der Waals surface area contributed by atoms with E-state index >= 15 is 0 Å². The molecule has 1 fully saturated rings. The van der Waals surface area contributed by atoms with E-state index in [0.717, 1.165) is 47.9 Å². The lowest BCUT2D eigenvalue weighted by atomic mass is 10.1. The number of aryl methyl sites for hydroxylation is 1. The number of amides is 1. The molecule has 6 nitrogen and oxygen atoms in total. The first-order chi connectivity index (χ1) is 12.7. The highest BCUT2D eigenvalue weighted by Crippen LogP contribution is 2.26. The standard InChI is InChI=1S/C19H21N5OS/c1-14-18(26-17(22-14)11-15-5-3-2-4-6-15)19(25)23-9-7-16(8-10-23)24-13-20-12-21-24/h2-6,12-13,16H,7-11H2,1H3. The fourth-order valence-corrected chi connectivity index (χ4v) is 4.45. The van der Waals surface area contributed by atoms with E-state index < -0.39 is 0 Å². The lowest BCUT2D eigenvalue weighted by Gasteiger charge is -2.31. The minimum Gasteiger partial charge on any atom is -0.338 e. The van der Waals surface area contributed by atoms with Gasteiger partial charge in [0.05, 0.1) is 16.7 Å². The summed E-state index contributed by atoms with van der Waals surface area (Å²) in [6.45, 7) is 3.42. The zero-order valence-electron chi connectivity index (χ0n) is 14.7. The summed E-state index contributed by atoms with van der Waals surface area (Å²) in [6, 6.07) is 10.6. The maximum absolute atomic E-state index is 12.9. The van der Waals surface area contributed by atoms with E-state index in [2.05, 4.69) is 27.2 Å². The molecule has 1 saturated heterocycles. The Labute approximate surface area is 156 Å². The summed E-state index contributed by atoms with van der Waals surface area (Å²) in [6.07, 6.45) is 5.90. The lowest BCUT2D eigenvalue weighted by molar-refractivity contribution is 0.0694. The van der Waals surface area contributed by atoms with Crippen LogP contribution in [-0.2, 0) is 6.42 Å². The van der Waals surface area contributed by atoms with E-state index in [9.17, 15) is 4.79 Å². The molecule has 0 N–H and O–H groups in total. The van der Waals surface area contributed by atoms with Crippen molar-refractivity contribution in [3.8, 4) is 0 Å². The number of thiazole rings is 1. The van der Waals surface area contributed by atoms with Crippen LogP contribution in [0.2, 0.25) is 0 Å². The van der Waals surface area contributed by atoms with Crippen LogP contribution in [0.4, 0.5) is 0 Å². The van der Waals surface area contributed by atoms with E-state index in [4.69, 9.17) is 0 Å². The molecule has 1 aliphatic rings. The fraction of sp³-hybridized carbons (Fsp3) is 0.368. The highest BCUT2D eigenvalue weighted by molar-refractivity contribution is 7.13. The summed E-state index contributed by atoms with van der Waals surface area (Å²) in [4.78, 5) is 24.3. The molecule has 0 saturated carbocycles. The molecule has 0 spiro atoms. The van der Waals surface area contributed by atoms with Gasteiger partial charge < -0.3 is 4.90 Å². The molecule has 3 heterocycles. The number of likely N-dealkylation sites (tertiary alicyclic amines) is 1. The fourth-order valence-electron chi connectivity index (χ4n) is 3.38. The molecule has 0 radical (unpaired) electrons. The Hall–Kier alpha value is -2.54. The average molecular weight is 367 g/mol. The Balaban J connectivity index is 1.42. The second kappa shape index (κ2) is 7.37. The van der Waals surface area contributed by atoms with Gasteiger partial charge in [-0.1, -0.05) is 30.3 Å². The molecule has 134 valence electrons. The number of carbonyl (C=O) groups excluding carboxylic acids is 1. The smallest absolute Gasteiger partial charge is 0.265 e. The summed E-state index contributed by atoms with van der Waals surface area (Å²) < 4.78 is 1.90. The minimum atomic E-state index is 0.108. The number of benzene rings is 1. The first kappa shape index (κ1) is 16.9. The van der Waals surface area contributed by atoms with Crippen LogP contribution in [0.1, 0.15) is 44.8 Å². The monoisotopic (exact) mass is 367 g/mol. The van der Waals surface area contributed by atoms with Crippen molar-refractivity contribution in [2.24, 2.45) is 0 Å². The molecule has 0 bridgehead atoms.